The van der Waals surface area contributed by atoms with Crippen LogP contribution in [0.4, 0.5) is 0 Å². The van der Waals surface area contributed by atoms with Gasteiger partial charge in [-0.25, -0.2) is 4.98 Å². The summed E-state index contributed by atoms with van der Waals surface area (Å²) in [5, 5.41) is 4.64. The highest BCUT2D eigenvalue weighted by Gasteiger charge is 2.19. The van der Waals surface area contributed by atoms with Gasteiger partial charge in [-0.2, -0.15) is 5.10 Å². The Bertz CT molecular complexity index is 523. The molecule has 1 aliphatic heterocycles. The first-order valence-electron chi connectivity index (χ1n) is 6.23. The summed E-state index contributed by atoms with van der Waals surface area (Å²) in [4.78, 5) is 6.89. The Morgan fingerprint density at radius 2 is 1.94 bits per heavy atom. The van der Waals surface area contributed by atoms with Crippen molar-refractivity contribution in [3.63, 3.8) is 0 Å². The van der Waals surface area contributed by atoms with Crippen molar-refractivity contribution < 1.29 is 0 Å². The molecule has 3 heterocycles. The van der Waals surface area contributed by atoms with Crippen LogP contribution in [0.3, 0.4) is 0 Å². The van der Waals surface area contributed by atoms with E-state index in [0.717, 1.165) is 29.8 Å². The smallest absolute Gasteiger partial charge is 0.111 e. The van der Waals surface area contributed by atoms with Crippen molar-refractivity contribution in [2.24, 2.45) is 0 Å². The highest BCUT2D eigenvalue weighted by atomic mass is 15.3. The molecule has 90 valence electrons. The molecule has 0 radical (unpaired) electrons. The van der Waals surface area contributed by atoms with Crippen LogP contribution in [0, 0.1) is 6.92 Å². The number of aryl methyl sites for hydroxylation is 1. The lowest BCUT2D eigenvalue weighted by Crippen LogP contribution is -2.31. The number of nitrogens with zero attached hydrogens (tertiary/aromatic N) is 4. The zero-order valence-electron chi connectivity index (χ0n) is 10.4. The van der Waals surface area contributed by atoms with E-state index in [0.29, 0.717) is 6.04 Å². The summed E-state index contributed by atoms with van der Waals surface area (Å²) in [7, 11) is 2.18. The predicted octanol–water partition coefficient (Wildman–Crippen LogP) is 2.01. The van der Waals surface area contributed by atoms with E-state index in [4.69, 9.17) is 0 Å². The normalized spacial score (nSPS) is 18.9. The first-order chi connectivity index (χ1) is 8.22. The molecule has 0 N–H and O–H groups in total. The van der Waals surface area contributed by atoms with Gasteiger partial charge >= 0.3 is 0 Å². The molecule has 0 amide bonds. The van der Waals surface area contributed by atoms with Gasteiger partial charge in [0.2, 0.25) is 0 Å². The van der Waals surface area contributed by atoms with Crippen LogP contribution in [0.15, 0.2) is 18.3 Å². The van der Waals surface area contributed by atoms with Crippen molar-refractivity contribution in [2.75, 3.05) is 20.1 Å². The van der Waals surface area contributed by atoms with Crippen molar-refractivity contribution in [3.8, 4) is 0 Å². The minimum absolute atomic E-state index is 0.542. The lowest BCUT2D eigenvalue weighted by atomic mass is 10.1. The predicted molar refractivity (Wildman–Crippen MR) is 68.0 cm³/mol. The van der Waals surface area contributed by atoms with Gasteiger partial charge in [0.15, 0.2) is 0 Å². The molecular weight excluding hydrogens is 212 g/mol. The molecule has 0 aromatic carbocycles. The Morgan fingerprint density at radius 1 is 1.18 bits per heavy atom. The van der Waals surface area contributed by atoms with E-state index in [1.54, 1.807) is 0 Å². The largest absolute Gasteiger partial charge is 0.306 e. The van der Waals surface area contributed by atoms with Crippen molar-refractivity contribution >= 4 is 11.0 Å². The maximum absolute atomic E-state index is 4.64. The summed E-state index contributed by atoms with van der Waals surface area (Å²) in [5.41, 5.74) is 3.08. The fraction of sp³-hybridized carbons (Fsp3) is 0.538. The highest BCUT2D eigenvalue weighted by molar-refractivity contribution is 5.73. The fourth-order valence-corrected chi connectivity index (χ4v) is 2.47. The maximum atomic E-state index is 4.64. The Morgan fingerprint density at radius 3 is 2.71 bits per heavy atom. The van der Waals surface area contributed by atoms with Gasteiger partial charge in [-0.1, -0.05) is 0 Å². The number of hydrogen-bond acceptors (Lipinski definition) is 3. The second-order valence-electron chi connectivity index (χ2n) is 5.00. The topological polar surface area (TPSA) is 34.0 Å². The maximum Gasteiger partial charge on any atom is 0.111 e. The number of fused-ring (bicyclic) bond motifs is 1. The van der Waals surface area contributed by atoms with Crippen LogP contribution in [0.2, 0.25) is 0 Å². The van der Waals surface area contributed by atoms with Gasteiger partial charge in [-0.3, -0.25) is 4.68 Å². The SMILES string of the molecule is Cc1ccc2nn(C3CCN(C)CC3)cc2n1. The van der Waals surface area contributed by atoms with Crippen molar-refractivity contribution in [3.05, 3.63) is 24.0 Å². The molecule has 0 atom stereocenters. The Balaban J connectivity index is 1.90. The van der Waals surface area contributed by atoms with Gasteiger partial charge in [0.05, 0.1) is 12.2 Å². The van der Waals surface area contributed by atoms with Crippen LogP contribution in [0.5, 0.6) is 0 Å². The molecule has 0 aliphatic carbocycles. The summed E-state index contributed by atoms with van der Waals surface area (Å²) < 4.78 is 2.12. The van der Waals surface area contributed by atoms with Crippen LogP contribution < -0.4 is 0 Å². The molecule has 4 nitrogen and oxygen atoms in total. The molecule has 0 saturated carbocycles. The van der Waals surface area contributed by atoms with Gasteiger partial charge in [0.25, 0.3) is 0 Å². The lowest BCUT2D eigenvalue weighted by molar-refractivity contribution is 0.213. The number of piperidine rings is 1. The van der Waals surface area contributed by atoms with Crippen LogP contribution in [-0.4, -0.2) is 39.8 Å². The van der Waals surface area contributed by atoms with Crippen LogP contribution >= 0.6 is 0 Å². The lowest BCUT2D eigenvalue weighted by Gasteiger charge is -2.28. The zero-order chi connectivity index (χ0) is 11.8. The van der Waals surface area contributed by atoms with E-state index in [-0.39, 0.29) is 0 Å². The minimum Gasteiger partial charge on any atom is -0.306 e. The molecule has 1 aliphatic rings. The average molecular weight is 230 g/mol. The third kappa shape index (κ3) is 2.05. The van der Waals surface area contributed by atoms with Crippen LogP contribution in [0.25, 0.3) is 11.0 Å². The van der Waals surface area contributed by atoms with E-state index in [1.165, 1.54) is 12.8 Å². The molecule has 4 heteroatoms. The molecule has 2 aromatic rings. The van der Waals surface area contributed by atoms with Crippen LogP contribution in [0.1, 0.15) is 24.6 Å². The Kier molecular flexibility index (Phi) is 2.59. The van der Waals surface area contributed by atoms with E-state index >= 15 is 0 Å². The van der Waals surface area contributed by atoms with E-state index in [2.05, 4.69) is 39.0 Å². The molecule has 3 rings (SSSR count). The Hall–Kier alpha value is -1.42. The highest BCUT2D eigenvalue weighted by Crippen LogP contribution is 2.22. The molecule has 0 bridgehead atoms. The van der Waals surface area contributed by atoms with E-state index < -0.39 is 0 Å². The fourth-order valence-electron chi connectivity index (χ4n) is 2.47. The number of likely N-dealkylation sites (tertiary alicyclic amines) is 1. The Labute approximate surface area is 101 Å². The second kappa shape index (κ2) is 4.11. The standard InChI is InChI=1S/C13H18N4/c1-10-3-4-12-13(14-10)9-17(15-12)11-5-7-16(2)8-6-11/h3-4,9,11H,5-8H2,1-2H3. The molecule has 1 saturated heterocycles. The van der Waals surface area contributed by atoms with Gasteiger partial charge in [-0.15, -0.1) is 0 Å². The monoisotopic (exact) mass is 230 g/mol. The molecule has 0 unspecified atom stereocenters. The molecule has 2 aromatic heterocycles. The number of rotatable bonds is 1. The minimum atomic E-state index is 0.542. The summed E-state index contributed by atoms with van der Waals surface area (Å²) in [6, 6.07) is 4.62. The number of aromatic nitrogens is 3. The summed E-state index contributed by atoms with van der Waals surface area (Å²) in [6.45, 7) is 4.34. The summed E-state index contributed by atoms with van der Waals surface area (Å²) in [5.74, 6) is 0. The van der Waals surface area contributed by atoms with Gasteiger partial charge in [0, 0.05) is 5.69 Å². The third-order valence-electron chi connectivity index (χ3n) is 3.58. The van der Waals surface area contributed by atoms with Crippen LogP contribution in [-0.2, 0) is 0 Å². The quantitative estimate of drug-likeness (QED) is 0.751. The zero-order valence-corrected chi connectivity index (χ0v) is 10.4. The molecular formula is C13H18N4. The average Bonchev–Trinajstić information content (AvgIpc) is 2.72. The first-order valence-corrected chi connectivity index (χ1v) is 6.23. The number of hydrogen-bond donors (Lipinski definition) is 0. The van der Waals surface area contributed by atoms with Gasteiger partial charge in [0.1, 0.15) is 11.0 Å². The van der Waals surface area contributed by atoms with Gasteiger partial charge < -0.3 is 4.90 Å². The van der Waals surface area contributed by atoms with E-state index in [9.17, 15) is 0 Å². The molecule has 17 heavy (non-hydrogen) atoms. The molecule has 1 fully saturated rings. The molecule has 0 spiro atoms. The van der Waals surface area contributed by atoms with Crippen molar-refractivity contribution in [1.82, 2.24) is 19.7 Å². The first kappa shape index (κ1) is 10.7. The van der Waals surface area contributed by atoms with E-state index in [1.807, 2.05) is 13.0 Å². The van der Waals surface area contributed by atoms with Crippen molar-refractivity contribution in [1.29, 1.82) is 0 Å². The van der Waals surface area contributed by atoms with Crippen molar-refractivity contribution in [2.45, 2.75) is 25.8 Å². The number of pyridine rings is 1. The summed E-state index contributed by atoms with van der Waals surface area (Å²) >= 11 is 0. The second-order valence-corrected chi connectivity index (χ2v) is 5.00. The van der Waals surface area contributed by atoms with Gasteiger partial charge in [-0.05, 0) is 52.0 Å². The third-order valence-corrected chi connectivity index (χ3v) is 3.58. The summed E-state index contributed by atoms with van der Waals surface area (Å²) in [6.07, 6.45) is 4.46.